The molecule has 1 saturated heterocycles. The first-order valence-corrected chi connectivity index (χ1v) is 10.0. The van der Waals surface area contributed by atoms with Gasteiger partial charge in [0.25, 0.3) is 0 Å². The lowest BCUT2D eigenvalue weighted by molar-refractivity contribution is -0.139. The SMILES string of the molecule is COC(=O)N[C@H](C(=O)N1C2CCC(C2)[C@H]1c1nc2ccc(C)cc2[nH]1)C(C)C. The number of nitrogens with one attached hydrogen (secondary N) is 2. The van der Waals surface area contributed by atoms with Gasteiger partial charge in [-0.25, -0.2) is 9.78 Å². The van der Waals surface area contributed by atoms with Crippen molar-refractivity contribution in [3.8, 4) is 0 Å². The number of likely N-dealkylation sites (tertiary alicyclic amines) is 1. The monoisotopic (exact) mass is 384 g/mol. The third kappa shape index (κ3) is 3.12. The zero-order valence-corrected chi connectivity index (χ0v) is 16.9. The number of hydrogen-bond donors (Lipinski definition) is 2. The number of piperidine rings is 1. The normalized spacial score (nSPS) is 24.8. The number of nitrogens with zero attached hydrogens (tertiary/aromatic N) is 2. The first-order valence-electron chi connectivity index (χ1n) is 10.0. The molecule has 2 amide bonds. The highest BCUT2D eigenvalue weighted by Crippen LogP contribution is 2.50. The molecule has 150 valence electrons. The maximum absolute atomic E-state index is 13.5. The molecule has 1 saturated carbocycles. The number of H-pyrrole nitrogens is 1. The fourth-order valence-corrected chi connectivity index (χ4v) is 4.80. The Morgan fingerprint density at radius 3 is 2.82 bits per heavy atom. The molecular weight excluding hydrogens is 356 g/mol. The van der Waals surface area contributed by atoms with Crippen molar-refractivity contribution in [3.63, 3.8) is 0 Å². The van der Waals surface area contributed by atoms with Crippen LogP contribution in [0.15, 0.2) is 18.2 Å². The molecule has 2 heterocycles. The summed E-state index contributed by atoms with van der Waals surface area (Å²) in [5.74, 6) is 1.17. The number of amides is 2. The van der Waals surface area contributed by atoms with Gasteiger partial charge in [-0.2, -0.15) is 0 Å². The van der Waals surface area contributed by atoms with Crippen molar-refractivity contribution in [2.75, 3.05) is 7.11 Å². The van der Waals surface area contributed by atoms with Gasteiger partial charge in [-0.3, -0.25) is 4.79 Å². The minimum absolute atomic E-state index is 0.0373. The van der Waals surface area contributed by atoms with E-state index in [1.165, 1.54) is 12.7 Å². The molecule has 2 unspecified atom stereocenters. The number of hydrogen-bond acceptors (Lipinski definition) is 4. The van der Waals surface area contributed by atoms with Gasteiger partial charge in [0.15, 0.2) is 0 Å². The van der Waals surface area contributed by atoms with Crippen LogP contribution in [0.2, 0.25) is 0 Å². The Morgan fingerprint density at radius 1 is 1.32 bits per heavy atom. The lowest BCUT2D eigenvalue weighted by Gasteiger charge is -2.37. The van der Waals surface area contributed by atoms with Crippen molar-refractivity contribution in [2.45, 2.75) is 58.2 Å². The number of aryl methyl sites for hydroxylation is 1. The van der Waals surface area contributed by atoms with E-state index in [-0.39, 0.29) is 23.9 Å². The zero-order chi connectivity index (χ0) is 20.0. The standard InChI is InChI=1S/C21H28N4O3/c1-11(2)17(24-21(27)28-4)20(26)25-14-7-6-13(10-14)18(25)19-22-15-8-5-12(3)9-16(15)23-19/h5,8-9,11,13-14,17-18H,6-7,10H2,1-4H3,(H,22,23)(H,24,27)/t13?,14?,17-,18-/m0/s1. The third-order valence-corrected chi connectivity index (χ3v) is 6.17. The predicted molar refractivity (Wildman–Crippen MR) is 106 cm³/mol. The molecule has 7 nitrogen and oxygen atoms in total. The third-order valence-electron chi connectivity index (χ3n) is 6.17. The number of methoxy groups -OCH3 is 1. The predicted octanol–water partition coefficient (Wildman–Crippen LogP) is 3.30. The van der Waals surface area contributed by atoms with Crippen LogP contribution in [0.3, 0.4) is 0 Å². The highest BCUT2D eigenvalue weighted by atomic mass is 16.5. The van der Waals surface area contributed by atoms with E-state index in [1.807, 2.05) is 30.9 Å². The molecule has 1 aromatic heterocycles. The average Bonchev–Trinajstić information content (AvgIpc) is 3.37. The van der Waals surface area contributed by atoms with Crippen molar-refractivity contribution >= 4 is 23.0 Å². The molecule has 1 aliphatic heterocycles. The van der Waals surface area contributed by atoms with Crippen molar-refractivity contribution in [1.82, 2.24) is 20.2 Å². The molecule has 28 heavy (non-hydrogen) atoms. The van der Waals surface area contributed by atoms with E-state index in [2.05, 4.69) is 23.3 Å². The fraction of sp³-hybridized carbons (Fsp3) is 0.571. The summed E-state index contributed by atoms with van der Waals surface area (Å²) in [6.45, 7) is 5.93. The van der Waals surface area contributed by atoms with E-state index in [1.54, 1.807) is 0 Å². The average molecular weight is 384 g/mol. The van der Waals surface area contributed by atoms with Gasteiger partial charge in [0.05, 0.1) is 24.2 Å². The number of aromatic amines is 1. The van der Waals surface area contributed by atoms with Crippen LogP contribution in [-0.4, -0.2) is 46.1 Å². The second-order valence-electron chi connectivity index (χ2n) is 8.42. The Balaban J connectivity index is 1.67. The molecule has 4 atom stereocenters. The van der Waals surface area contributed by atoms with Gasteiger partial charge in [-0.15, -0.1) is 0 Å². The molecule has 2 N–H and O–H groups in total. The Labute approximate surface area is 164 Å². The van der Waals surface area contributed by atoms with Crippen LogP contribution in [0.25, 0.3) is 11.0 Å². The summed E-state index contributed by atoms with van der Waals surface area (Å²) in [4.78, 5) is 35.5. The van der Waals surface area contributed by atoms with Crippen molar-refractivity contribution in [3.05, 3.63) is 29.6 Å². The van der Waals surface area contributed by atoms with E-state index >= 15 is 0 Å². The highest BCUT2D eigenvalue weighted by molar-refractivity contribution is 5.87. The van der Waals surface area contributed by atoms with Crippen LogP contribution in [0.4, 0.5) is 4.79 Å². The summed E-state index contributed by atoms with van der Waals surface area (Å²) in [5.41, 5.74) is 3.09. The second kappa shape index (κ2) is 7.11. The van der Waals surface area contributed by atoms with Gasteiger partial charge in [-0.05, 0) is 55.7 Å². The number of imidazole rings is 1. The minimum Gasteiger partial charge on any atom is -0.453 e. The second-order valence-corrected chi connectivity index (χ2v) is 8.42. The quantitative estimate of drug-likeness (QED) is 0.847. The largest absolute Gasteiger partial charge is 0.453 e. The molecule has 2 aromatic rings. The van der Waals surface area contributed by atoms with Crippen LogP contribution in [0.1, 0.15) is 50.5 Å². The summed E-state index contributed by atoms with van der Waals surface area (Å²) < 4.78 is 4.73. The lowest BCUT2D eigenvalue weighted by Crippen LogP contribution is -2.54. The Hall–Kier alpha value is -2.57. The molecule has 4 rings (SSSR count). The van der Waals surface area contributed by atoms with Gasteiger partial charge in [0.1, 0.15) is 11.9 Å². The van der Waals surface area contributed by atoms with E-state index in [4.69, 9.17) is 9.72 Å². The summed E-state index contributed by atoms with van der Waals surface area (Å²) >= 11 is 0. The maximum atomic E-state index is 13.5. The number of alkyl carbamates (subject to hydrolysis) is 1. The molecule has 1 aromatic carbocycles. The number of benzene rings is 1. The van der Waals surface area contributed by atoms with Crippen LogP contribution >= 0.6 is 0 Å². The Morgan fingerprint density at radius 2 is 2.11 bits per heavy atom. The van der Waals surface area contributed by atoms with E-state index in [0.717, 1.165) is 36.1 Å². The molecule has 1 aliphatic carbocycles. The zero-order valence-electron chi connectivity index (χ0n) is 16.9. The molecule has 2 bridgehead atoms. The van der Waals surface area contributed by atoms with E-state index < -0.39 is 12.1 Å². The topological polar surface area (TPSA) is 87.3 Å². The number of aromatic nitrogens is 2. The molecular formula is C21H28N4O3. The van der Waals surface area contributed by atoms with Crippen molar-refractivity contribution < 1.29 is 14.3 Å². The van der Waals surface area contributed by atoms with Gasteiger partial charge >= 0.3 is 6.09 Å². The minimum atomic E-state index is -0.610. The number of fused-ring (bicyclic) bond motifs is 3. The smallest absolute Gasteiger partial charge is 0.407 e. The number of carbonyl (C=O) groups excluding carboxylic acids is 2. The first-order chi connectivity index (χ1) is 13.4. The van der Waals surface area contributed by atoms with Crippen molar-refractivity contribution in [1.29, 1.82) is 0 Å². The lowest BCUT2D eigenvalue weighted by atomic mass is 9.95. The molecule has 2 fully saturated rings. The molecule has 7 heteroatoms. The van der Waals surface area contributed by atoms with E-state index in [9.17, 15) is 9.59 Å². The highest BCUT2D eigenvalue weighted by Gasteiger charge is 2.51. The van der Waals surface area contributed by atoms with Crippen LogP contribution in [0.5, 0.6) is 0 Å². The van der Waals surface area contributed by atoms with Gasteiger partial charge in [-0.1, -0.05) is 19.9 Å². The van der Waals surface area contributed by atoms with Crippen LogP contribution < -0.4 is 5.32 Å². The molecule has 2 aliphatic rings. The summed E-state index contributed by atoms with van der Waals surface area (Å²) in [6.07, 6.45) is 2.53. The van der Waals surface area contributed by atoms with Crippen molar-refractivity contribution in [2.24, 2.45) is 11.8 Å². The number of ether oxygens (including phenoxy) is 1. The Kier molecular flexibility index (Phi) is 4.77. The van der Waals surface area contributed by atoms with Crippen LogP contribution in [0, 0.1) is 18.8 Å². The number of rotatable bonds is 4. The fourth-order valence-electron chi connectivity index (χ4n) is 4.80. The maximum Gasteiger partial charge on any atom is 0.407 e. The van der Waals surface area contributed by atoms with Gasteiger partial charge in [0, 0.05) is 6.04 Å². The Bertz CT molecular complexity index is 906. The van der Waals surface area contributed by atoms with E-state index in [0.29, 0.717) is 5.92 Å². The molecule has 0 spiro atoms. The first kappa shape index (κ1) is 18.8. The van der Waals surface area contributed by atoms with Gasteiger partial charge < -0.3 is 19.9 Å². The van der Waals surface area contributed by atoms with Gasteiger partial charge in [0.2, 0.25) is 5.91 Å². The number of carbonyl (C=O) groups is 2. The summed E-state index contributed by atoms with van der Waals surface area (Å²) in [6, 6.07) is 5.67. The molecule has 0 radical (unpaired) electrons. The summed E-state index contributed by atoms with van der Waals surface area (Å²) in [5, 5.41) is 2.73. The van der Waals surface area contributed by atoms with Crippen LogP contribution in [-0.2, 0) is 9.53 Å². The summed E-state index contributed by atoms with van der Waals surface area (Å²) in [7, 11) is 1.31.